The maximum Gasteiger partial charge on any atom is 0.328 e. The van der Waals surface area contributed by atoms with E-state index in [-0.39, 0.29) is 5.91 Å². The Morgan fingerprint density at radius 1 is 1.07 bits per heavy atom. The van der Waals surface area contributed by atoms with E-state index in [0.717, 1.165) is 16.8 Å². The lowest BCUT2D eigenvalue weighted by Gasteiger charge is -2.16. The second-order valence-electron chi connectivity index (χ2n) is 6.63. The molecule has 1 N–H and O–H groups in total. The molecule has 2 aromatic carbocycles. The molecule has 0 aliphatic carbocycles. The zero-order valence-electron chi connectivity index (χ0n) is 16.2. The lowest BCUT2D eigenvalue weighted by Crippen LogP contribution is -2.43. The summed E-state index contributed by atoms with van der Waals surface area (Å²) in [7, 11) is 1.31. The molecular weight excluding hydrogens is 354 g/mol. The van der Waals surface area contributed by atoms with Gasteiger partial charge in [0.25, 0.3) is 5.91 Å². The van der Waals surface area contributed by atoms with Crippen molar-refractivity contribution in [3.8, 4) is 5.69 Å². The molecular formula is C22H23N3O3. The van der Waals surface area contributed by atoms with E-state index in [0.29, 0.717) is 17.7 Å². The Morgan fingerprint density at radius 2 is 1.75 bits per heavy atom. The zero-order valence-corrected chi connectivity index (χ0v) is 16.2. The molecule has 3 aromatic rings. The minimum absolute atomic E-state index is 0.352. The first-order valence-electron chi connectivity index (χ1n) is 9.04. The van der Waals surface area contributed by atoms with Crippen molar-refractivity contribution in [3.05, 3.63) is 83.2 Å². The van der Waals surface area contributed by atoms with Gasteiger partial charge in [-0.25, -0.2) is 9.48 Å². The molecule has 0 aliphatic rings. The highest BCUT2D eigenvalue weighted by atomic mass is 16.5. The number of rotatable bonds is 6. The van der Waals surface area contributed by atoms with Crippen LogP contribution < -0.4 is 5.32 Å². The fraction of sp³-hybridized carbons (Fsp3) is 0.227. The number of amides is 1. The second-order valence-corrected chi connectivity index (χ2v) is 6.63. The highest BCUT2D eigenvalue weighted by Crippen LogP contribution is 2.15. The number of benzene rings is 2. The third kappa shape index (κ3) is 4.28. The standard InChI is InChI=1S/C22H23N3O3/c1-15-9-11-18(12-10-15)25-16(2)19(14-23-25)21(26)24-20(22(27)28-3)13-17-7-5-4-6-8-17/h4-12,14,20H,13H2,1-3H3,(H,24,26)/t20-/m0/s1. The van der Waals surface area contributed by atoms with E-state index in [1.165, 1.54) is 13.3 Å². The van der Waals surface area contributed by atoms with Gasteiger partial charge in [0.05, 0.1) is 30.3 Å². The van der Waals surface area contributed by atoms with Gasteiger partial charge in [0.15, 0.2) is 0 Å². The van der Waals surface area contributed by atoms with Crippen LogP contribution in [0.25, 0.3) is 5.69 Å². The molecule has 6 nitrogen and oxygen atoms in total. The van der Waals surface area contributed by atoms with E-state index in [1.807, 2.05) is 68.4 Å². The van der Waals surface area contributed by atoms with Crippen molar-refractivity contribution in [3.63, 3.8) is 0 Å². The Kier molecular flexibility index (Phi) is 5.89. The van der Waals surface area contributed by atoms with E-state index in [9.17, 15) is 9.59 Å². The van der Waals surface area contributed by atoms with Gasteiger partial charge in [-0.2, -0.15) is 5.10 Å². The van der Waals surface area contributed by atoms with Crippen molar-refractivity contribution >= 4 is 11.9 Å². The molecule has 6 heteroatoms. The van der Waals surface area contributed by atoms with Gasteiger partial charge in [0.1, 0.15) is 6.04 Å². The minimum Gasteiger partial charge on any atom is -0.467 e. The summed E-state index contributed by atoms with van der Waals surface area (Å²) in [6, 6.07) is 16.6. The average molecular weight is 377 g/mol. The Hall–Kier alpha value is -3.41. The topological polar surface area (TPSA) is 73.2 Å². The fourth-order valence-electron chi connectivity index (χ4n) is 3.00. The summed E-state index contributed by atoms with van der Waals surface area (Å²) in [5, 5.41) is 7.11. The summed E-state index contributed by atoms with van der Waals surface area (Å²) < 4.78 is 6.57. The van der Waals surface area contributed by atoms with E-state index < -0.39 is 12.0 Å². The number of ether oxygens (including phenoxy) is 1. The van der Waals surface area contributed by atoms with Gasteiger partial charge in [-0.05, 0) is 31.5 Å². The molecule has 3 rings (SSSR count). The third-order valence-electron chi connectivity index (χ3n) is 4.61. The van der Waals surface area contributed by atoms with Gasteiger partial charge in [-0.3, -0.25) is 4.79 Å². The van der Waals surface area contributed by atoms with Crippen LogP contribution in [0.15, 0.2) is 60.8 Å². The van der Waals surface area contributed by atoms with Crippen LogP contribution in [0.2, 0.25) is 0 Å². The largest absolute Gasteiger partial charge is 0.467 e. The first-order valence-corrected chi connectivity index (χ1v) is 9.04. The Morgan fingerprint density at radius 3 is 2.39 bits per heavy atom. The van der Waals surface area contributed by atoms with Crippen LogP contribution in [0, 0.1) is 13.8 Å². The summed E-state index contributed by atoms with van der Waals surface area (Å²) in [5.41, 5.74) is 4.07. The predicted molar refractivity (Wildman–Crippen MR) is 106 cm³/mol. The summed E-state index contributed by atoms with van der Waals surface area (Å²) >= 11 is 0. The number of hydrogen-bond donors (Lipinski definition) is 1. The number of aromatic nitrogens is 2. The molecule has 0 aliphatic heterocycles. The normalized spacial score (nSPS) is 11.7. The van der Waals surface area contributed by atoms with Crippen molar-refractivity contribution in [2.75, 3.05) is 7.11 Å². The molecule has 1 aromatic heterocycles. The number of hydrogen-bond acceptors (Lipinski definition) is 4. The number of nitrogens with zero attached hydrogens (tertiary/aromatic N) is 2. The monoisotopic (exact) mass is 377 g/mol. The maximum atomic E-state index is 12.8. The molecule has 1 amide bonds. The summed E-state index contributed by atoms with van der Waals surface area (Å²) in [6.45, 7) is 3.84. The molecule has 0 radical (unpaired) electrons. The summed E-state index contributed by atoms with van der Waals surface area (Å²) in [4.78, 5) is 25.0. The number of aryl methyl sites for hydroxylation is 1. The van der Waals surface area contributed by atoms with Gasteiger partial charge >= 0.3 is 5.97 Å². The van der Waals surface area contributed by atoms with Crippen molar-refractivity contribution in [1.29, 1.82) is 0 Å². The Balaban J connectivity index is 1.80. The summed E-state index contributed by atoms with van der Waals surface area (Å²) in [6.07, 6.45) is 1.87. The van der Waals surface area contributed by atoms with Crippen molar-refractivity contribution in [2.24, 2.45) is 0 Å². The predicted octanol–water partition coefficient (Wildman–Crippen LogP) is 3.00. The van der Waals surface area contributed by atoms with Crippen LogP contribution in [-0.2, 0) is 16.0 Å². The van der Waals surface area contributed by atoms with Gasteiger partial charge < -0.3 is 10.1 Å². The molecule has 1 atom stereocenters. The molecule has 1 heterocycles. The lowest BCUT2D eigenvalue weighted by molar-refractivity contribution is -0.142. The van der Waals surface area contributed by atoms with Crippen LogP contribution >= 0.6 is 0 Å². The molecule has 28 heavy (non-hydrogen) atoms. The highest BCUT2D eigenvalue weighted by Gasteiger charge is 2.24. The van der Waals surface area contributed by atoms with Gasteiger partial charge in [0, 0.05) is 6.42 Å². The van der Waals surface area contributed by atoms with Crippen LogP contribution in [0.1, 0.15) is 27.2 Å². The number of carbonyl (C=O) groups is 2. The van der Waals surface area contributed by atoms with Crippen molar-refractivity contribution < 1.29 is 14.3 Å². The van der Waals surface area contributed by atoms with Gasteiger partial charge in [-0.15, -0.1) is 0 Å². The van der Waals surface area contributed by atoms with Gasteiger partial charge in [0.2, 0.25) is 0 Å². The van der Waals surface area contributed by atoms with Crippen LogP contribution in [-0.4, -0.2) is 34.8 Å². The molecule has 0 spiro atoms. The highest BCUT2D eigenvalue weighted by molar-refractivity contribution is 5.97. The average Bonchev–Trinajstić information content (AvgIpc) is 3.09. The van der Waals surface area contributed by atoms with E-state index in [2.05, 4.69) is 10.4 Å². The first-order chi connectivity index (χ1) is 13.5. The molecule has 0 saturated heterocycles. The van der Waals surface area contributed by atoms with Crippen LogP contribution in [0.3, 0.4) is 0 Å². The van der Waals surface area contributed by atoms with E-state index in [4.69, 9.17) is 4.74 Å². The molecule has 0 fully saturated rings. The number of esters is 1. The molecule has 0 saturated carbocycles. The third-order valence-corrected chi connectivity index (χ3v) is 4.61. The van der Waals surface area contributed by atoms with Gasteiger partial charge in [-0.1, -0.05) is 48.0 Å². The smallest absolute Gasteiger partial charge is 0.328 e. The quantitative estimate of drug-likeness (QED) is 0.670. The van der Waals surface area contributed by atoms with Crippen molar-refractivity contribution in [2.45, 2.75) is 26.3 Å². The summed E-state index contributed by atoms with van der Waals surface area (Å²) in [5.74, 6) is -0.844. The lowest BCUT2D eigenvalue weighted by atomic mass is 10.1. The Labute approximate surface area is 164 Å². The maximum absolute atomic E-state index is 12.8. The Bertz CT molecular complexity index is 962. The van der Waals surface area contributed by atoms with E-state index >= 15 is 0 Å². The number of carbonyl (C=O) groups excluding carboxylic acids is 2. The van der Waals surface area contributed by atoms with Crippen molar-refractivity contribution in [1.82, 2.24) is 15.1 Å². The van der Waals surface area contributed by atoms with Crippen LogP contribution in [0.4, 0.5) is 0 Å². The second kappa shape index (κ2) is 8.52. The van der Waals surface area contributed by atoms with E-state index in [1.54, 1.807) is 4.68 Å². The number of methoxy groups -OCH3 is 1. The zero-order chi connectivity index (χ0) is 20.1. The van der Waals surface area contributed by atoms with Crippen LogP contribution in [0.5, 0.6) is 0 Å². The minimum atomic E-state index is -0.776. The molecule has 0 unspecified atom stereocenters. The SMILES string of the molecule is COC(=O)[C@H](Cc1ccccc1)NC(=O)c1cnn(-c2ccc(C)cc2)c1C. The fourth-order valence-corrected chi connectivity index (χ4v) is 3.00. The number of nitrogens with one attached hydrogen (secondary N) is 1. The molecule has 0 bridgehead atoms. The molecule has 144 valence electrons. The first kappa shape index (κ1) is 19.4.